The number of hydrogen-bond acceptors (Lipinski definition) is 8. The van der Waals surface area contributed by atoms with Gasteiger partial charge in [-0.05, 0) is 141 Å². The largest absolute Gasteiger partial charge is 0.545 e. The highest BCUT2D eigenvalue weighted by atomic mass is 16.7. The number of unbranched alkanes of at least 4 members (excludes halogenated alkanes) is 10. The SMILES string of the molecule is CC/C=C\C/C=C\C/C=C\C/C=C\C/C=C\C/C=C\C/C=C\C/C=C\C/C=C\CCCCCCCCCC(=O)OC(COC(=O)CCCCC/C=C\C/C=C\C/C=C\C/C=C\C/C=C\C/C=C\C/C=C\CC)COC(OCC[N+](C)(C)C)C(=O)[O-]. The molecule has 0 fully saturated rings. The van der Waals surface area contributed by atoms with Gasteiger partial charge in [0.2, 0.25) is 0 Å². The molecule has 474 valence electrons. The van der Waals surface area contributed by atoms with E-state index in [1.165, 1.54) is 12.8 Å². The second-order valence-electron chi connectivity index (χ2n) is 21.9. The fourth-order valence-electron chi connectivity index (χ4n) is 7.92. The summed E-state index contributed by atoms with van der Waals surface area (Å²) in [6, 6.07) is 0. The monoisotopic (exact) mass is 1170 g/mol. The zero-order valence-corrected chi connectivity index (χ0v) is 53.9. The first-order chi connectivity index (χ1) is 41.6. The topological polar surface area (TPSA) is 111 Å². The molecule has 0 radical (unpaired) electrons. The molecule has 85 heavy (non-hydrogen) atoms. The molecule has 0 spiro atoms. The third kappa shape index (κ3) is 65.5. The number of likely N-dealkylation sites (N-methyl/N-ethyl adjacent to an activating group) is 1. The predicted molar refractivity (Wildman–Crippen MR) is 361 cm³/mol. The Kier molecular flexibility index (Phi) is 59.7. The number of hydrogen-bond donors (Lipinski definition) is 0. The molecule has 0 saturated carbocycles. The van der Waals surface area contributed by atoms with E-state index >= 15 is 0 Å². The van der Waals surface area contributed by atoms with Crippen molar-refractivity contribution in [1.82, 2.24) is 0 Å². The maximum absolute atomic E-state index is 12.9. The van der Waals surface area contributed by atoms with Crippen molar-refractivity contribution >= 4 is 17.9 Å². The van der Waals surface area contributed by atoms with Gasteiger partial charge in [0.25, 0.3) is 0 Å². The molecule has 0 aromatic rings. The summed E-state index contributed by atoms with van der Waals surface area (Å²) in [7, 11) is 5.89. The average molecular weight is 1170 g/mol. The average Bonchev–Trinajstić information content (AvgIpc) is 3.48. The lowest BCUT2D eigenvalue weighted by Crippen LogP contribution is -2.44. The zero-order valence-electron chi connectivity index (χ0n) is 53.9. The molecule has 0 rings (SSSR count). The van der Waals surface area contributed by atoms with Gasteiger partial charge in [-0.2, -0.15) is 0 Å². The summed E-state index contributed by atoms with van der Waals surface area (Å²) in [5, 5.41) is 11.8. The van der Waals surface area contributed by atoms with E-state index < -0.39 is 30.3 Å². The third-order valence-electron chi connectivity index (χ3n) is 12.8. The number of ether oxygens (including phenoxy) is 4. The molecule has 0 amide bonds. The van der Waals surface area contributed by atoms with Crippen molar-refractivity contribution in [3.8, 4) is 0 Å². The number of esters is 2. The molecule has 0 bridgehead atoms. The van der Waals surface area contributed by atoms with E-state index in [0.29, 0.717) is 23.9 Å². The van der Waals surface area contributed by atoms with Crippen LogP contribution in [0.2, 0.25) is 0 Å². The van der Waals surface area contributed by atoms with E-state index in [9.17, 15) is 19.5 Å². The van der Waals surface area contributed by atoms with Crippen molar-refractivity contribution in [1.29, 1.82) is 0 Å². The molecule has 0 aromatic heterocycles. The maximum atomic E-state index is 12.9. The summed E-state index contributed by atoms with van der Waals surface area (Å²) in [5.41, 5.74) is 0. The van der Waals surface area contributed by atoms with E-state index in [0.717, 1.165) is 154 Å². The first-order valence-electron chi connectivity index (χ1n) is 32.6. The van der Waals surface area contributed by atoms with Crippen LogP contribution in [0, 0.1) is 0 Å². The van der Waals surface area contributed by atoms with E-state index in [-0.39, 0.29) is 32.7 Å². The van der Waals surface area contributed by atoms with Gasteiger partial charge in [-0.25, -0.2) is 0 Å². The van der Waals surface area contributed by atoms with Gasteiger partial charge in [-0.1, -0.05) is 247 Å². The van der Waals surface area contributed by atoms with Crippen LogP contribution in [0.3, 0.4) is 0 Å². The van der Waals surface area contributed by atoms with Gasteiger partial charge in [-0.3, -0.25) is 9.59 Å². The number of nitrogens with zero attached hydrogens (tertiary/aromatic N) is 1. The third-order valence-corrected chi connectivity index (χ3v) is 12.8. The van der Waals surface area contributed by atoms with Crippen LogP contribution in [0.25, 0.3) is 0 Å². The number of rotatable bonds is 57. The molecule has 0 aromatic carbocycles. The van der Waals surface area contributed by atoms with E-state index in [4.69, 9.17) is 18.9 Å². The van der Waals surface area contributed by atoms with Crippen LogP contribution in [0.4, 0.5) is 0 Å². The first-order valence-corrected chi connectivity index (χ1v) is 32.6. The minimum Gasteiger partial charge on any atom is -0.545 e. The molecular weight excluding hydrogens is 1050 g/mol. The number of carboxylic acid groups (broad SMARTS) is 1. The summed E-state index contributed by atoms with van der Waals surface area (Å²) in [6.07, 6.45) is 96.3. The van der Waals surface area contributed by atoms with Crippen LogP contribution in [0.5, 0.6) is 0 Å². The van der Waals surface area contributed by atoms with Crippen molar-refractivity contribution in [2.45, 2.75) is 219 Å². The normalized spacial score (nSPS) is 14.0. The lowest BCUT2D eigenvalue weighted by atomic mass is 10.1. The van der Waals surface area contributed by atoms with Gasteiger partial charge in [-0.15, -0.1) is 0 Å². The van der Waals surface area contributed by atoms with Crippen molar-refractivity contribution in [3.63, 3.8) is 0 Å². The van der Waals surface area contributed by atoms with Crippen LogP contribution >= 0.6 is 0 Å². The minimum absolute atomic E-state index is 0.127. The van der Waals surface area contributed by atoms with Gasteiger partial charge >= 0.3 is 11.9 Å². The Hall–Kier alpha value is -5.87. The molecule has 9 heteroatoms. The molecule has 0 heterocycles. The zero-order chi connectivity index (χ0) is 61.9. The Morgan fingerprint density at radius 2 is 0.635 bits per heavy atom. The number of quaternary nitrogens is 1. The summed E-state index contributed by atoms with van der Waals surface area (Å²) >= 11 is 0. The molecule has 0 aliphatic carbocycles. The second kappa shape index (κ2) is 64.1. The Morgan fingerprint density at radius 1 is 0.353 bits per heavy atom. The standard InChI is InChI=1S/C76H117NO8/c1-6-8-10-12-14-16-18-20-22-24-26-28-30-32-33-34-35-36-37-38-39-40-41-43-45-47-49-51-53-55-57-59-61-63-65-67-74(79)85-72(71-84-76(75(80)81)82-69-68-77(3,4)5)70-83-73(78)66-64-62-60-58-56-54-52-50-48-46-44-42-31-29-27-25-23-21-19-17-15-13-11-9-7-2/h8-11,14-17,20-23,26-29,32-33,35-36,38-39,41-44,47-50,54,56,72,76H,6-7,12-13,18-19,24-25,30-31,34,37,40,45-46,51-53,55,57-71H2,1-5H3/b10-8-,11-9-,16-14-,17-15-,22-20-,23-21-,28-26-,29-27-,33-32-,36-35-,39-38-,43-41-,44-42-,49-47-,50-48-,56-54-. The van der Waals surface area contributed by atoms with Crippen LogP contribution in [-0.4, -0.2) is 82.3 Å². The molecule has 0 aliphatic heterocycles. The van der Waals surface area contributed by atoms with Crippen LogP contribution in [0.1, 0.15) is 206 Å². The van der Waals surface area contributed by atoms with Gasteiger partial charge in [0.15, 0.2) is 12.4 Å². The van der Waals surface area contributed by atoms with Crippen LogP contribution in [0.15, 0.2) is 194 Å². The Bertz CT molecular complexity index is 2090. The molecule has 0 saturated heterocycles. The van der Waals surface area contributed by atoms with E-state index in [1.54, 1.807) is 0 Å². The Balaban J connectivity index is 4.33. The van der Waals surface area contributed by atoms with E-state index in [1.807, 2.05) is 21.1 Å². The Morgan fingerprint density at radius 3 is 0.953 bits per heavy atom. The number of aliphatic carboxylic acids is 1. The molecule has 2 atom stereocenters. The van der Waals surface area contributed by atoms with Crippen molar-refractivity contribution < 1.29 is 42.9 Å². The quantitative estimate of drug-likeness (QED) is 0.0195. The highest BCUT2D eigenvalue weighted by Crippen LogP contribution is 2.13. The van der Waals surface area contributed by atoms with Crippen molar-refractivity contribution in [3.05, 3.63) is 194 Å². The molecule has 0 aliphatic rings. The van der Waals surface area contributed by atoms with Crippen LogP contribution in [-0.2, 0) is 33.3 Å². The number of carbonyl (C=O) groups excluding carboxylic acids is 3. The van der Waals surface area contributed by atoms with Gasteiger partial charge in [0.05, 0.1) is 40.3 Å². The first kappa shape index (κ1) is 79.1. The van der Waals surface area contributed by atoms with Gasteiger partial charge in [0.1, 0.15) is 13.2 Å². The molecular formula is C76H117NO8. The fraction of sp³-hybridized carbons (Fsp3) is 0.539. The smallest absolute Gasteiger partial charge is 0.306 e. The molecule has 0 N–H and O–H groups in total. The number of allylic oxidation sites excluding steroid dienone is 32. The van der Waals surface area contributed by atoms with Gasteiger partial charge < -0.3 is 33.3 Å². The minimum atomic E-state index is -1.65. The lowest BCUT2D eigenvalue weighted by Gasteiger charge is -2.26. The molecule has 9 nitrogen and oxygen atoms in total. The second-order valence-corrected chi connectivity index (χ2v) is 21.9. The van der Waals surface area contributed by atoms with Crippen molar-refractivity contribution in [2.24, 2.45) is 0 Å². The highest BCUT2D eigenvalue weighted by Gasteiger charge is 2.22. The lowest BCUT2D eigenvalue weighted by molar-refractivity contribution is -0.870. The number of carbonyl (C=O) groups is 3. The highest BCUT2D eigenvalue weighted by molar-refractivity contribution is 5.70. The van der Waals surface area contributed by atoms with Crippen LogP contribution < -0.4 is 5.11 Å². The summed E-state index contributed by atoms with van der Waals surface area (Å²) < 4.78 is 22.7. The fourth-order valence-corrected chi connectivity index (χ4v) is 7.92. The maximum Gasteiger partial charge on any atom is 0.306 e. The number of carboxylic acids is 1. The summed E-state index contributed by atoms with van der Waals surface area (Å²) in [6.45, 7) is 4.43. The summed E-state index contributed by atoms with van der Waals surface area (Å²) in [5.74, 6) is -2.37. The molecule has 2 unspecified atom stereocenters. The summed E-state index contributed by atoms with van der Waals surface area (Å²) in [4.78, 5) is 37.4. The van der Waals surface area contributed by atoms with Crippen molar-refractivity contribution in [2.75, 3.05) is 47.5 Å². The van der Waals surface area contributed by atoms with E-state index in [2.05, 4.69) is 208 Å². The Labute approximate surface area is 519 Å². The van der Waals surface area contributed by atoms with Gasteiger partial charge in [0, 0.05) is 12.8 Å². The predicted octanol–water partition coefficient (Wildman–Crippen LogP) is 18.9.